The summed E-state index contributed by atoms with van der Waals surface area (Å²) in [6, 6.07) is -0.900. The summed E-state index contributed by atoms with van der Waals surface area (Å²) >= 11 is 0. The van der Waals surface area contributed by atoms with E-state index in [9.17, 15) is 9.90 Å². The van der Waals surface area contributed by atoms with Gasteiger partial charge in [0, 0.05) is 6.04 Å². The van der Waals surface area contributed by atoms with E-state index in [0.717, 1.165) is 5.57 Å². The Morgan fingerprint density at radius 3 is 2.30 bits per heavy atom. The van der Waals surface area contributed by atoms with Crippen molar-refractivity contribution in [3.63, 3.8) is 0 Å². The molecule has 0 bridgehead atoms. The van der Waals surface area contributed by atoms with Crippen LogP contribution >= 0.6 is 12.4 Å². The summed E-state index contributed by atoms with van der Waals surface area (Å²) in [5, 5.41) is 9.96. The fraction of sp³-hybridized carbons (Fsp3) is 0.500. The lowest BCUT2D eigenvalue weighted by atomic mass is 10.1. The van der Waals surface area contributed by atoms with Crippen LogP contribution in [0, 0.1) is 0 Å². The first-order valence-electron chi connectivity index (χ1n) is 2.65. The highest BCUT2D eigenvalue weighted by Crippen LogP contribution is 1.97. The van der Waals surface area contributed by atoms with Gasteiger partial charge in [-0.1, -0.05) is 5.57 Å². The predicted molar refractivity (Wildman–Crippen MR) is 39.7 cm³/mol. The third kappa shape index (κ3) is 5.59. The Balaban J connectivity index is 0. The molecule has 1 unspecified atom stereocenters. The van der Waals surface area contributed by atoms with Crippen LogP contribution in [0.25, 0.3) is 0 Å². The van der Waals surface area contributed by atoms with Gasteiger partial charge in [-0.15, -0.1) is 19.0 Å². The van der Waals surface area contributed by atoms with Crippen LogP contribution in [-0.4, -0.2) is 12.0 Å². The van der Waals surface area contributed by atoms with E-state index in [0.29, 0.717) is 6.42 Å². The Labute approximate surface area is 66.3 Å². The van der Waals surface area contributed by atoms with Gasteiger partial charge in [0.25, 0.3) is 0 Å². The van der Waals surface area contributed by atoms with Crippen molar-refractivity contribution < 1.29 is 9.90 Å². The minimum absolute atomic E-state index is 0. The Morgan fingerprint density at radius 2 is 2.20 bits per heavy atom. The molecule has 0 aliphatic carbocycles. The molecule has 1 atom stereocenters. The van der Waals surface area contributed by atoms with E-state index in [1.54, 1.807) is 6.92 Å². The van der Waals surface area contributed by atoms with E-state index in [-0.39, 0.29) is 12.4 Å². The van der Waals surface area contributed by atoms with Gasteiger partial charge in [-0.2, -0.15) is 0 Å². The Kier molecular flexibility index (Phi) is 6.40. The van der Waals surface area contributed by atoms with E-state index in [1.807, 2.05) is 0 Å². The van der Waals surface area contributed by atoms with E-state index in [1.165, 1.54) is 0 Å². The van der Waals surface area contributed by atoms with Gasteiger partial charge in [-0.25, -0.2) is 0 Å². The summed E-state index contributed by atoms with van der Waals surface area (Å²) in [4.78, 5) is 9.96. The number of carbonyl (C=O) groups is 1. The molecule has 0 aromatic rings. The Morgan fingerprint density at radius 1 is 1.80 bits per heavy atom. The standard InChI is InChI=1S/C6H11NO2.ClH/c1-4(2)3-5(7)6(8)9;/h5H,1,3,7H2,2H3,(H,8,9);1H/p-1. The van der Waals surface area contributed by atoms with Crippen molar-refractivity contribution in [3.8, 4) is 0 Å². The van der Waals surface area contributed by atoms with Gasteiger partial charge in [-0.05, 0) is 13.3 Å². The maximum atomic E-state index is 9.96. The van der Waals surface area contributed by atoms with Gasteiger partial charge in [0.1, 0.15) is 0 Å². The molecule has 0 aromatic heterocycles. The minimum atomic E-state index is -1.22. The van der Waals surface area contributed by atoms with Crippen LogP contribution in [0.3, 0.4) is 0 Å². The number of aliphatic carboxylic acids is 1. The van der Waals surface area contributed by atoms with Gasteiger partial charge in [-0.3, -0.25) is 0 Å². The van der Waals surface area contributed by atoms with Crippen molar-refractivity contribution >= 4 is 18.4 Å². The Hall–Kier alpha value is -0.540. The quantitative estimate of drug-likeness (QED) is 0.570. The molecule has 0 amide bonds. The molecule has 0 radical (unpaired) electrons. The third-order valence-electron chi connectivity index (χ3n) is 0.871. The van der Waals surface area contributed by atoms with Crippen molar-refractivity contribution in [1.82, 2.24) is 0 Å². The summed E-state index contributed by atoms with van der Waals surface area (Å²) in [5.41, 5.74) is 5.85. The molecule has 0 aliphatic heterocycles. The maximum absolute atomic E-state index is 9.96. The zero-order valence-electron chi connectivity index (χ0n) is 5.79. The highest BCUT2D eigenvalue weighted by Gasteiger charge is 2.01. The molecule has 0 saturated heterocycles. The minimum Gasteiger partial charge on any atom is -0.548 e. The molecule has 10 heavy (non-hydrogen) atoms. The third-order valence-corrected chi connectivity index (χ3v) is 0.871. The van der Waals surface area contributed by atoms with Crippen LogP contribution in [0.4, 0.5) is 0 Å². The van der Waals surface area contributed by atoms with Gasteiger partial charge in [0.05, 0.1) is 5.97 Å². The normalized spacial score (nSPS) is 11.4. The average Bonchev–Trinajstić information content (AvgIpc) is 1.63. The van der Waals surface area contributed by atoms with Crippen LogP contribution in [-0.2, 0) is 4.79 Å². The number of rotatable bonds is 3. The van der Waals surface area contributed by atoms with Crippen molar-refractivity contribution in [2.45, 2.75) is 19.4 Å². The molecule has 3 nitrogen and oxygen atoms in total. The number of halogens is 1. The molecule has 60 valence electrons. The summed E-state index contributed by atoms with van der Waals surface area (Å²) in [5.74, 6) is -1.22. The average molecular weight is 165 g/mol. The molecule has 0 saturated carbocycles. The molecule has 0 spiro atoms. The maximum Gasteiger partial charge on any atom is 0.0585 e. The molecule has 0 rings (SSSR count). The van der Waals surface area contributed by atoms with E-state index >= 15 is 0 Å². The van der Waals surface area contributed by atoms with E-state index in [4.69, 9.17) is 5.73 Å². The summed E-state index contributed by atoms with van der Waals surface area (Å²) in [6.45, 7) is 5.23. The van der Waals surface area contributed by atoms with Gasteiger partial charge in [0.15, 0.2) is 0 Å². The lowest BCUT2D eigenvalue weighted by Gasteiger charge is -2.10. The van der Waals surface area contributed by atoms with Crippen LogP contribution in [0.5, 0.6) is 0 Å². The Bertz CT molecular complexity index is 136. The first-order chi connectivity index (χ1) is 4.04. The summed E-state index contributed by atoms with van der Waals surface area (Å²) in [7, 11) is 0. The second-order valence-electron chi connectivity index (χ2n) is 2.09. The molecule has 0 fully saturated rings. The smallest absolute Gasteiger partial charge is 0.0585 e. The van der Waals surface area contributed by atoms with Gasteiger partial charge in [0.2, 0.25) is 0 Å². The van der Waals surface area contributed by atoms with Gasteiger partial charge >= 0.3 is 0 Å². The second kappa shape index (κ2) is 5.26. The first-order valence-corrected chi connectivity index (χ1v) is 2.65. The lowest BCUT2D eigenvalue weighted by Crippen LogP contribution is -2.41. The fourth-order valence-electron chi connectivity index (χ4n) is 0.459. The molecule has 0 aromatic carbocycles. The number of carboxylic acids is 1. The van der Waals surface area contributed by atoms with Crippen molar-refractivity contribution in [2.24, 2.45) is 5.73 Å². The zero-order chi connectivity index (χ0) is 7.44. The van der Waals surface area contributed by atoms with Crippen LogP contribution in [0.15, 0.2) is 12.2 Å². The fourth-order valence-corrected chi connectivity index (χ4v) is 0.459. The summed E-state index contributed by atoms with van der Waals surface area (Å²) < 4.78 is 0. The number of nitrogens with two attached hydrogens (primary N) is 1. The summed E-state index contributed by atoms with van der Waals surface area (Å²) in [6.07, 6.45) is 0.294. The zero-order valence-corrected chi connectivity index (χ0v) is 6.61. The first kappa shape index (κ1) is 12.2. The monoisotopic (exact) mass is 164 g/mol. The van der Waals surface area contributed by atoms with Crippen LogP contribution in [0.1, 0.15) is 13.3 Å². The molecular weight excluding hydrogens is 154 g/mol. The molecule has 0 aliphatic rings. The highest BCUT2D eigenvalue weighted by molar-refractivity contribution is 5.85. The number of carbonyl (C=O) groups excluding carboxylic acids is 1. The predicted octanol–water partition coefficient (Wildman–Crippen LogP) is -0.548. The molecule has 0 heterocycles. The molecule has 2 N–H and O–H groups in total. The van der Waals surface area contributed by atoms with Gasteiger partial charge < -0.3 is 15.6 Å². The largest absolute Gasteiger partial charge is 0.548 e. The SMILES string of the molecule is C=C(C)CC(N)C(=O)[O-].Cl. The topological polar surface area (TPSA) is 66.2 Å². The molecule has 4 heteroatoms. The number of carboxylic acid groups (broad SMARTS) is 1. The lowest BCUT2D eigenvalue weighted by molar-refractivity contribution is -0.307. The van der Waals surface area contributed by atoms with E-state index in [2.05, 4.69) is 6.58 Å². The highest BCUT2D eigenvalue weighted by atomic mass is 35.5. The van der Waals surface area contributed by atoms with Crippen LogP contribution in [0.2, 0.25) is 0 Å². The molecular formula is C6H11ClNO2-. The van der Waals surface area contributed by atoms with Crippen molar-refractivity contribution in [3.05, 3.63) is 12.2 Å². The van der Waals surface area contributed by atoms with Crippen LogP contribution < -0.4 is 10.8 Å². The van der Waals surface area contributed by atoms with Crippen molar-refractivity contribution in [2.75, 3.05) is 0 Å². The second-order valence-corrected chi connectivity index (χ2v) is 2.09. The van der Waals surface area contributed by atoms with E-state index < -0.39 is 12.0 Å². The number of hydrogen-bond acceptors (Lipinski definition) is 3. The number of hydrogen-bond donors (Lipinski definition) is 1. The van der Waals surface area contributed by atoms with Crippen molar-refractivity contribution in [1.29, 1.82) is 0 Å².